The molecule has 5 nitrogen and oxygen atoms in total. The van der Waals surface area contributed by atoms with Crippen molar-refractivity contribution in [2.24, 2.45) is 0 Å². The van der Waals surface area contributed by atoms with E-state index in [0.717, 1.165) is 33.3 Å². The molecule has 3 rings (SSSR count). The largest absolute Gasteiger partial charge is 0.490 e. The molecule has 0 unspecified atom stereocenters. The molecule has 1 amide bonds. The fraction of sp³-hybridized carbons (Fsp3) is 0.304. The summed E-state index contributed by atoms with van der Waals surface area (Å²) >= 11 is 7.72. The van der Waals surface area contributed by atoms with Crippen LogP contribution in [0.5, 0.6) is 11.5 Å². The predicted molar refractivity (Wildman–Crippen MR) is 122 cm³/mol. The van der Waals surface area contributed by atoms with Gasteiger partial charge in [0.2, 0.25) is 5.91 Å². The quantitative estimate of drug-likeness (QED) is 0.469. The molecular formula is C23H25ClN2O3S. The molecule has 0 saturated heterocycles. The first-order valence-corrected chi connectivity index (χ1v) is 11.2. The van der Waals surface area contributed by atoms with Gasteiger partial charge in [-0.2, -0.15) is 0 Å². The molecule has 1 N–H and O–H groups in total. The molecule has 2 aromatic carbocycles. The number of nitrogens with zero attached hydrogens (tertiary/aromatic N) is 1. The van der Waals surface area contributed by atoms with Crippen molar-refractivity contribution in [1.82, 2.24) is 10.3 Å². The maximum Gasteiger partial charge on any atom is 0.226 e. The van der Waals surface area contributed by atoms with Crippen molar-refractivity contribution in [3.63, 3.8) is 0 Å². The van der Waals surface area contributed by atoms with Crippen molar-refractivity contribution in [2.45, 2.75) is 26.7 Å². The van der Waals surface area contributed by atoms with E-state index in [-0.39, 0.29) is 12.3 Å². The van der Waals surface area contributed by atoms with Crippen molar-refractivity contribution in [3.05, 3.63) is 64.1 Å². The third-order valence-electron chi connectivity index (χ3n) is 4.34. The van der Waals surface area contributed by atoms with E-state index in [9.17, 15) is 4.79 Å². The molecule has 30 heavy (non-hydrogen) atoms. The highest BCUT2D eigenvalue weighted by Crippen LogP contribution is 2.30. The molecule has 0 fully saturated rings. The maximum absolute atomic E-state index is 12.3. The zero-order valence-electron chi connectivity index (χ0n) is 17.1. The highest BCUT2D eigenvalue weighted by molar-refractivity contribution is 7.13. The average molecular weight is 445 g/mol. The Hall–Kier alpha value is -2.57. The van der Waals surface area contributed by atoms with Crippen LogP contribution in [0, 0.1) is 0 Å². The second-order valence-electron chi connectivity index (χ2n) is 6.55. The Morgan fingerprint density at radius 3 is 2.63 bits per heavy atom. The third kappa shape index (κ3) is 5.97. The number of halogens is 1. The number of nitrogens with one attached hydrogen (secondary N) is 1. The summed E-state index contributed by atoms with van der Waals surface area (Å²) in [4.78, 5) is 16.9. The molecule has 0 aliphatic heterocycles. The molecular weight excluding hydrogens is 420 g/mol. The van der Waals surface area contributed by atoms with Crippen LogP contribution in [0.25, 0.3) is 10.6 Å². The van der Waals surface area contributed by atoms with Gasteiger partial charge in [0.15, 0.2) is 11.5 Å². The number of carbonyl (C=O) groups is 1. The van der Waals surface area contributed by atoms with Gasteiger partial charge < -0.3 is 14.8 Å². The van der Waals surface area contributed by atoms with Gasteiger partial charge in [0, 0.05) is 17.5 Å². The van der Waals surface area contributed by atoms with E-state index >= 15 is 0 Å². The SMILES string of the molecule is CCOc1ccc(CCNC(=O)Cc2csc(-c3ccccc3Cl)n2)cc1OCC. The van der Waals surface area contributed by atoms with Crippen LogP contribution in [0.1, 0.15) is 25.1 Å². The van der Waals surface area contributed by atoms with E-state index < -0.39 is 0 Å². The molecule has 0 radical (unpaired) electrons. The monoisotopic (exact) mass is 444 g/mol. The van der Waals surface area contributed by atoms with Gasteiger partial charge in [0.1, 0.15) is 5.01 Å². The summed E-state index contributed by atoms with van der Waals surface area (Å²) in [7, 11) is 0. The van der Waals surface area contributed by atoms with Gasteiger partial charge in [0.05, 0.1) is 30.4 Å². The minimum Gasteiger partial charge on any atom is -0.490 e. The van der Waals surface area contributed by atoms with Crippen LogP contribution in [-0.2, 0) is 17.6 Å². The average Bonchev–Trinajstić information content (AvgIpc) is 3.18. The van der Waals surface area contributed by atoms with Crippen molar-refractivity contribution in [1.29, 1.82) is 0 Å². The Kier molecular flexibility index (Phi) is 8.11. The second-order valence-corrected chi connectivity index (χ2v) is 7.81. The van der Waals surface area contributed by atoms with Crippen molar-refractivity contribution >= 4 is 28.8 Å². The summed E-state index contributed by atoms with van der Waals surface area (Å²) in [6.07, 6.45) is 0.953. The van der Waals surface area contributed by atoms with Gasteiger partial charge in [-0.3, -0.25) is 4.79 Å². The fourth-order valence-electron chi connectivity index (χ4n) is 2.97. The van der Waals surface area contributed by atoms with Crippen molar-refractivity contribution < 1.29 is 14.3 Å². The Labute approximate surface area is 186 Å². The smallest absolute Gasteiger partial charge is 0.226 e. The normalized spacial score (nSPS) is 10.6. The van der Waals surface area contributed by atoms with Crippen LogP contribution in [0.2, 0.25) is 5.02 Å². The van der Waals surface area contributed by atoms with E-state index in [2.05, 4.69) is 10.3 Å². The Balaban J connectivity index is 1.52. The van der Waals surface area contributed by atoms with Gasteiger partial charge >= 0.3 is 0 Å². The molecule has 0 bridgehead atoms. The topological polar surface area (TPSA) is 60.5 Å². The van der Waals surface area contributed by atoms with Crippen LogP contribution in [0.4, 0.5) is 0 Å². The van der Waals surface area contributed by atoms with Gasteiger partial charge in [-0.15, -0.1) is 11.3 Å². The number of hydrogen-bond acceptors (Lipinski definition) is 5. The molecule has 0 atom stereocenters. The van der Waals surface area contributed by atoms with Crippen LogP contribution in [-0.4, -0.2) is 30.6 Å². The lowest BCUT2D eigenvalue weighted by Gasteiger charge is -2.12. The number of rotatable bonds is 10. The molecule has 0 saturated carbocycles. The Morgan fingerprint density at radius 1 is 1.10 bits per heavy atom. The number of benzene rings is 2. The summed E-state index contributed by atoms with van der Waals surface area (Å²) in [6, 6.07) is 13.5. The highest BCUT2D eigenvalue weighted by Gasteiger charge is 2.11. The fourth-order valence-corrected chi connectivity index (χ4v) is 4.11. The summed E-state index contributed by atoms with van der Waals surface area (Å²) in [5.74, 6) is 1.42. The van der Waals surface area contributed by atoms with Crippen LogP contribution in [0.15, 0.2) is 47.8 Å². The number of aromatic nitrogens is 1. The molecule has 0 aliphatic rings. The molecule has 7 heteroatoms. The summed E-state index contributed by atoms with van der Waals surface area (Å²) in [5.41, 5.74) is 2.71. The van der Waals surface area contributed by atoms with Gasteiger partial charge in [-0.1, -0.05) is 35.9 Å². The van der Waals surface area contributed by atoms with E-state index in [4.69, 9.17) is 21.1 Å². The zero-order chi connectivity index (χ0) is 21.3. The van der Waals surface area contributed by atoms with Crippen LogP contribution in [0.3, 0.4) is 0 Å². The van der Waals surface area contributed by atoms with Crippen molar-refractivity contribution in [2.75, 3.05) is 19.8 Å². The van der Waals surface area contributed by atoms with Crippen LogP contribution >= 0.6 is 22.9 Å². The number of amides is 1. The first-order valence-electron chi connectivity index (χ1n) is 9.95. The standard InChI is InChI=1S/C23H25ClN2O3S/c1-3-28-20-10-9-16(13-21(20)29-4-2)11-12-25-22(27)14-17-15-30-23(26-17)18-7-5-6-8-19(18)24/h5-10,13,15H,3-4,11-12,14H2,1-2H3,(H,25,27). The van der Waals surface area contributed by atoms with Crippen molar-refractivity contribution in [3.8, 4) is 22.1 Å². The molecule has 158 valence electrons. The van der Waals surface area contributed by atoms with E-state index in [0.29, 0.717) is 31.2 Å². The minimum absolute atomic E-state index is 0.0537. The predicted octanol–water partition coefficient (Wildman–Crippen LogP) is 5.16. The minimum atomic E-state index is -0.0537. The van der Waals surface area contributed by atoms with E-state index in [1.807, 2.05) is 61.7 Å². The summed E-state index contributed by atoms with van der Waals surface area (Å²) in [6.45, 7) is 5.59. The van der Waals surface area contributed by atoms with Gasteiger partial charge in [-0.25, -0.2) is 4.98 Å². The lowest BCUT2D eigenvalue weighted by Crippen LogP contribution is -2.27. The van der Waals surface area contributed by atoms with Gasteiger partial charge in [-0.05, 0) is 44.0 Å². The second kappa shape index (κ2) is 11.0. The Morgan fingerprint density at radius 2 is 1.87 bits per heavy atom. The molecule has 1 heterocycles. The number of ether oxygens (including phenoxy) is 2. The molecule has 0 aliphatic carbocycles. The van der Waals surface area contributed by atoms with E-state index in [1.54, 1.807) is 0 Å². The van der Waals surface area contributed by atoms with Gasteiger partial charge in [0.25, 0.3) is 0 Å². The first-order chi connectivity index (χ1) is 14.6. The summed E-state index contributed by atoms with van der Waals surface area (Å²) in [5, 5.41) is 6.34. The summed E-state index contributed by atoms with van der Waals surface area (Å²) < 4.78 is 11.2. The number of hydrogen-bond donors (Lipinski definition) is 1. The molecule has 3 aromatic rings. The third-order valence-corrected chi connectivity index (χ3v) is 5.60. The maximum atomic E-state index is 12.3. The van der Waals surface area contributed by atoms with E-state index in [1.165, 1.54) is 11.3 Å². The molecule has 1 aromatic heterocycles. The lowest BCUT2D eigenvalue weighted by atomic mass is 10.1. The lowest BCUT2D eigenvalue weighted by molar-refractivity contribution is -0.120. The number of thiazole rings is 1. The zero-order valence-corrected chi connectivity index (χ0v) is 18.7. The Bertz CT molecular complexity index is 990. The molecule has 0 spiro atoms. The number of carbonyl (C=O) groups excluding carboxylic acids is 1. The van der Waals surface area contributed by atoms with Crippen LogP contribution < -0.4 is 14.8 Å². The first kappa shape index (κ1) is 22.1. The highest BCUT2D eigenvalue weighted by atomic mass is 35.5.